The van der Waals surface area contributed by atoms with E-state index in [1.807, 2.05) is 13.8 Å². The molecule has 0 aliphatic carbocycles. The molecule has 1 aromatic rings. The maximum Gasteiger partial charge on any atom is 0.290 e. The largest absolute Gasteiger partial charge is 0.459 e. The van der Waals surface area contributed by atoms with Crippen molar-refractivity contribution in [2.75, 3.05) is 13.2 Å². The highest BCUT2D eigenvalue weighted by Gasteiger charge is 2.39. The van der Waals surface area contributed by atoms with Crippen molar-refractivity contribution in [1.82, 2.24) is 15.5 Å². The van der Waals surface area contributed by atoms with Crippen LogP contribution in [0.2, 0.25) is 0 Å². The van der Waals surface area contributed by atoms with E-state index in [9.17, 15) is 19.2 Å². The van der Waals surface area contributed by atoms with Gasteiger partial charge in [0.15, 0.2) is 5.76 Å². The maximum absolute atomic E-state index is 13.0. The van der Waals surface area contributed by atoms with Crippen molar-refractivity contribution in [2.24, 2.45) is 11.7 Å². The molecule has 2 heterocycles. The summed E-state index contributed by atoms with van der Waals surface area (Å²) >= 11 is 0. The summed E-state index contributed by atoms with van der Waals surface area (Å²) in [4.78, 5) is 50.4. The Morgan fingerprint density at radius 3 is 2.62 bits per heavy atom. The first kappa shape index (κ1) is 22.4. The number of piperidine rings is 1. The Morgan fingerprint density at radius 1 is 1.34 bits per heavy atom. The van der Waals surface area contributed by atoms with Crippen molar-refractivity contribution >= 4 is 23.6 Å². The second-order valence-corrected chi connectivity index (χ2v) is 7.53. The average Bonchev–Trinajstić information content (AvgIpc) is 3.21. The Morgan fingerprint density at radius 2 is 2.07 bits per heavy atom. The third-order valence-electron chi connectivity index (χ3n) is 4.77. The zero-order valence-electron chi connectivity index (χ0n) is 16.6. The number of hydrogen-bond donors (Lipinski definition) is 4. The van der Waals surface area contributed by atoms with Crippen molar-refractivity contribution < 1.29 is 28.7 Å². The van der Waals surface area contributed by atoms with E-state index >= 15 is 0 Å². The number of nitrogens with one attached hydrogen (secondary N) is 2. The number of aliphatic hydroxyl groups excluding tert-OH is 1. The molecule has 0 bridgehead atoms. The van der Waals surface area contributed by atoms with Crippen molar-refractivity contribution in [3.63, 3.8) is 0 Å². The van der Waals surface area contributed by atoms with Crippen LogP contribution in [0.1, 0.15) is 43.7 Å². The van der Waals surface area contributed by atoms with Gasteiger partial charge in [0.2, 0.25) is 17.7 Å². The van der Waals surface area contributed by atoms with Crippen LogP contribution >= 0.6 is 0 Å². The molecule has 3 unspecified atom stereocenters. The number of aliphatic hydroxyl groups is 1. The van der Waals surface area contributed by atoms with Crippen LogP contribution in [0.3, 0.4) is 0 Å². The van der Waals surface area contributed by atoms with Crippen LogP contribution < -0.4 is 16.4 Å². The molecule has 3 atom stereocenters. The molecule has 1 aliphatic rings. The van der Waals surface area contributed by atoms with Gasteiger partial charge >= 0.3 is 0 Å². The Labute approximate surface area is 168 Å². The van der Waals surface area contributed by atoms with Crippen LogP contribution in [0.5, 0.6) is 0 Å². The van der Waals surface area contributed by atoms with Gasteiger partial charge in [-0.05, 0) is 37.3 Å². The molecular formula is C19H28N4O6. The highest BCUT2D eigenvalue weighted by atomic mass is 16.3. The first-order valence-corrected chi connectivity index (χ1v) is 9.57. The Hall–Kier alpha value is -2.88. The summed E-state index contributed by atoms with van der Waals surface area (Å²) in [5.41, 5.74) is 5.41. The molecule has 10 nitrogen and oxygen atoms in total. The molecule has 0 spiro atoms. The Bertz CT molecular complexity index is 733. The molecule has 0 aromatic carbocycles. The van der Waals surface area contributed by atoms with Crippen molar-refractivity contribution in [2.45, 2.75) is 51.2 Å². The lowest BCUT2D eigenvalue weighted by molar-refractivity contribution is -0.132. The summed E-state index contributed by atoms with van der Waals surface area (Å²) < 4.78 is 5.16. The summed E-state index contributed by atoms with van der Waals surface area (Å²) in [7, 11) is 0. The maximum atomic E-state index is 13.0. The van der Waals surface area contributed by atoms with Crippen LogP contribution in [-0.2, 0) is 14.4 Å². The molecule has 10 heteroatoms. The van der Waals surface area contributed by atoms with Gasteiger partial charge in [0.25, 0.3) is 5.91 Å². The quantitative estimate of drug-likeness (QED) is 0.449. The minimum Gasteiger partial charge on any atom is -0.459 e. The lowest BCUT2D eigenvalue weighted by Gasteiger charge is -2.38. The summed E-state index contributed by atoms with van der Waals surface area (Å²) in [6, 6.07) is 0.877. The lowest BCUT2D eigenvalue weighted by Crippen LogP contribution is -2.59. The molecule has 2 rings (SSSR count). The average molecular weight is 408 g/mol. The van der Waals surface area contributed by atoms with Gasteiger partial charge in [-0.25, -0.2) is 0 Å². The number of nitrogens with zero attached hydrogens (tertiary/aromatic N) is 1. The summed E-state index contributed by atoms with van der Waals surface area (Å²) in [6.45, 7) is 3.33. The van der Waals surface area contributed by atoms with Crippen LogP contribution in [0.15, 0.2) is 22.8 Å². The number of hydrogen-bond acceptors (Lipinski definition) is 6. The molecule has 1 saturated heterocycles. The summed E-state index contributed by atoms with van der Waals surface area (Å²) in [6.07, 6.45) is 2.28. The second-order valence-electron chi connectivity index (χ2n) is 7.53. The fraction of sp³-hybridized carbons (Fsp3) is 0.579. The van der Waals surface area contributed by atoms with E-state index in [1.165, 1.54) is 17.2 Å². The van der Waals surface area contributed by atoms with Crippen molar-refractivity contribution in [1.29, 1.82) is 0 Å². The molecule has 1 fully saturated rings. The molecule has 4 amide bonds. The predicted molar refractivity (Wildman–Crippen MR) is 102 cm³/mol. The van der Waals surface area contributed by atoms with E-state index in [2.05, 4.69) is 10.6 Å². The lowest BCUT2D eigenvalue weighted by atomic mass is 9.95. The zero-order chi connectivity index (χ0) is 21.6. The molecule has 1 aromatic heterocycles. The first-order chi connectivity index (χ1) is 13.7. The topological polar surface area (TPSA) is 155 Å². The van der Waals surface area contributed by atoms with E-state index < -0.39 is 48.4 Å². The molecule has 0 radical (unpaired) electrons. The van der Waals surface area contributed by atoms with Gasteiger partial charge in [-0.15, -0.1) is 0 Å². The standard InChI is InChI=1S/C19H28N4O6/c1-11(2)8-13(17(20)26)22-18(27)14-9-12(21-16(25)10-24)5-6-23(14)19(28)15-4-3-7-29-15/h3-4,7,11-14,24H,5-6,8-10H2,1-2H3,(H2,20,26)(H,21,25)(H,22,27). The minimum atomic E-state index is -0.931. The molecule has 160 valence electrons. The number of rotatable bonds is 8. The number of amides is 4. The van der Waals surface area contributed by atoms with E-state index in [4.69, 9.17) is 15.3 Å². The van der Waals surface area contributed by atoms with Crippen LogP contribution in [0.4, 0.5) is 0 Å². The molecule has 0 saturated carbocycles. The Kier molecular flexibility index (Phi) is 7.77. The zero-order valence-corrected chi connectivity index (χ0v) is 16.6. The van der Waals surface area contributed by atoms with E-state index in [1.54, 1.807) is 6.07 Å². The monoisotopic (exact) mass is 408 g/mol. The third kappa shape index (κ3) is 6.05. The van der Waals surface area contributed by atoms with Gasteiger partial charge in [0, 0.05) is 12.6 Å². The first-order valence-electron chi connectivity index (χ1n) is 9.57. The minimum absolute atomic E-state index is 0.0919. The smallest absolute Gasteiger partial charge is 0.290 e. The van der Waals surface area contributed by atoms with Crippen LogP contribution in [-0.4, -0.2) is 64.9 Å². The molecule has 5 N–H and O–H groups in total. The van der Waals surface area contributed by atoms with Crippen molar-refractivity contribution in [3.05, 3.63) is 24.2 Å². The van der Waals surface area contributed by atoms with Gasteiger partial charge in [0.05, 0.1) is 6.26 Å². The molecule has 1 aliphatic heterocycles. The van der Waals surface area contributed by atoms with Crippen molar-refractivity contribution in [3.8, 4) is 0 Å². The third-order valence-corrected chi connectivity index (χ3v) is 4.77. The normalized spacial score (nSPS) is 20.2. The van der Waals surface area contributed by atoms with E-state index in [0.717, 1.165) is 0 Å². The number of carbonyl (C=O) groups is 4. The van der Waals surface area contributed by atoms with Crippen LogP contribution in [0.25, 0.3) is 0 Å². The van der Waals surface area contributed by atoms with Crippen LogP contribution in [0, 0.1) is 5.92 Å². The fourth-order valence-electron chi connectivity index (χ4n) is 3.39. The number of nitrogens with two attached hydrogens (primary N) is 1. The Balaban J connectivity index is 2.20. The summed E-state index contributed by atoms with van der Waals surface area (Å²) in [5.74, 6) is -1.99. The predicted octanol–water partition coefficient (Wildman–Crippen LogP) is -0.622. The highest BCUT2D eigenvalue weighted by molar-refractivity contribution is 5.97. The van der Waals surface area contributed by atoms with E-state index in [-0.39, 0.29) is 24.6 Å². The molecular weight excluding hydrogens is 380 g/mol. The van der Waals surface area contributed by atoms with Gasteiger partial charge in [-0.2, -0.15) is 0 Å². The van der Waals surface area contributed by atoms with E-state index in [0.29, 0.717) is 12.8 Å². The highest BCUT2D eigenvalue weighted by Crippen LogP contribution is 2.21. The SMILES string of the molecule is CC(C)CC(NC(=O)C1CC(NC(=O)CO)CCN1C(=O)c1ccco1)C(N)=O. The number of likely N-dealkylation sites (tertiary alicyclic amines) is 1. The summed E-state index contributed by atoms with van der Waals surface area (Å²) in [5, 5.41) is 14.2. The van der Waals surface area contributed by atoms with Gasteiger partial charge in [-0.3, -0.25) is 19.2 Å². The fourth-order valence-corrected chi connectivity index (χ4v) is 3.39. The number of primary amides is 1. The van der Waals surface area contributed by atoms with Gasteiger partial charge in [0.1, 0.15) is 18.7 Å². The molecule has 29 heavy (non-hydrogen) atoms. The number of furan rings is 1. The van der Waals surface area contributed by atoms with Gasteiger partial charge < -0.3 is 30.8 Å². The number of carbonyl (C=O) groups excluding carboxylic acids is 4. The second kappa shape index (κ2) is 10.1. The van der Waals surface area contributed by atoms with Gasteiger partial charge in [-0.1, -0.05) is 13.8 Å².